The molecule has 1 saturated heterocycles. The lowest BCUT2D eigenvalue weighted by Crippen LogP contribution is -2.38. The van der Waals surface area contributed by atoms with Crippen molar-refractivity contribution in [2.75, 3.05) is 33.7 Å². The third-order valence-electron chi connectivity index (χ3n) is 3.65. The van der Waals surface area contributed by atoms with Crippen LogP contribution in [0.3, 0.4) is 0 Å². The van der Waals surface area contributed by atoms with Gasteiger partial charge in [-0.25, -0.2) is 4.98 Å². The van der Waals surface area contributed by atoms with E-state index in [0.717, 1.165) is 18.2 Å². The summed E-state index contributed by atoms with van der Waals surface area (Å²) in [7, 11) is 4.33. The van der Waals surface area contributed by atoms with E-state index in [1.807, 2.05) is 0 Å². The minimum absolute atomic E-state index is 0.535. The first kappa shape index (κ1) is 15.2. The molecule has 5 heteroatoms. The fourth-order valence-electron chi connectivity index (χ4n) is 2.78. The summed E-state index contributed by atoms with van der Waals surface area (Å²) in [5.41, 5.74) is 1.02. The average molecular weight is 302 g/mol. The number of aryl methyl sites for hydroxylation is 1. The van der Waals surface area contributed by atoms with Crippen molar-refractivity contribution in [1.29, 1.82) is 0 Å². The van der Waals surface area contributed by atoms with E-state index in [9.17, 15) is 0 Å². The maximum atomic E-state index is 5.78. The highest BCUT2D eigenvalue weighted by Crippen LogP contribution is 2.19. The minimum atomic E-state index is 0.535. The molecule has 108 valence electrons. The topological polar surface area (TPSA) is 19.4 Å². The molecule has 1 aromatic rings. The van der Waals surface area contributed by atoms with Crippen molar-refractivity contribution < 1.29 is 0 Å². The van der Waals surface area contributed by atoms with Crippen LogP contribution < -0.4 is 0 Å². The van der Waals surface area contributed by atoms with Crippen molar-refractivity contribution in [3.63, 3.8) is 0 Å². The lowest BCUT2D eigenvalue weighted by Gasteiger charge is -2.26. The summed E-state index contributed by atoms with van der Waals surface area (Å²) in [4.78, 5) is 9.47. The molecular formula is C14H24ClN3S. The molecule has 1 unspecified atom stereocenters. The molecule has 1 fully saturated rings. The standard InChI is InChI=1S/C14H24ClN3S/c1-17(2)10-13-5-3-7-18(13)8-4-6-14-16-12(9-15)11-19-14/h11,13H,3-10H2,1-2H3. The van der Waals surface area contributed by atoms with Gasteiger partial charge in [0, 0.05) is 24.4 Å². The molecule has 2 heterocycles. The van der Waals surface area contributed by atoms with Gasteiger partial charge < -0.3 is 4.90 Å². The normalized spacial score (nSPS) is 20.5. The Hall–Kier alpha value is -0.160. The van der Waals surface area contributed by atoms with E-state index in [2.05, 4.69) is 34.3 Å². The molecule has 0 saturated carbocycles. The van der Waals surface area contributed by atoms with Crippen LogP contribution in [0.5, 0.6) is 0 Å². The third-order valence-corrected chi connectivity index (χ3v) is 4.88. The van der Waals surface area contributed by atoms with Crippen molar-refractivity contribution in [1.82, 2.24) is 14.8 Å². The van der Waals surface area contributed by atoms with Gasteiger partial charge in [-0.1, -0.05) is 0 Å². The highest BCUT2D eigenvalue weighted by Gasteiger charge is 2.24. The number of halogens is 1. The molecule has 0 aromatic carbocycles. The second-order valence-corrected chi connectivity index (χ2v) is 6.77. The van der Waals surface area contributed by atoms with Crippen LogP contribution in [0.25, 0.3) is 0 Å². The SMILES string of the molecule is CN(C)CC1CCCN1CCCc1nc(CCl)cs1. The third kappa shape index (κ3) is 4.71. The zero-order valence-electron chi connectivity index (χ0n) is 11.9. The van der Waals surface area contributed by atoms with Crippen LogP contribution in [0.1, 0.15) is 30.0 Å². The van der Waals surface area contributed by atoms with Gasteiger partial charge >= 0.3 is 0 Å². The monoisotopic (exact) mass is 301 g/mol. The second kappa shape index (κ2) is 7.58. The molecule has 19 heavy (non-hydrogen) atoms. The Balaban J connectivity index is 1.72. The molecule has 0 N–H and O–H groups in total. The van der Waals surface area contributed by atoms with Gasteiger partial charge in [0.15, 0.2) is 0 Å². The van der Waals surface area contributed by atoms with E-state index in [4.69, 9.17) is 11.6 Å². The van der Waals surface area contributed by atoms with Crippen molar-refractivity contribution in [3.8, 4) is 0 Å². The summed E-state index contributed by atoms with van der Waals surface area (Å²) in [5.74, 6) is 0.535. The summed E-state index contributed by atoms with van der Waals surface area (Å²) < 4.78 is 0. The van der Waals surface area contributed by atoms with Crippen molar-refractivity contribution >= 4 is 22.9 Å². The number of likely N-dealkylation sites (tertiary alicyclic amines) is 1. The molecule has 1 aliphatic rings. The first-order chi connectivity index (χ1) is 9.19. The summed E-state index contributed by atoms with van der Waals surface area (Å²) in [6.45, 7) is 3.66. The summed E-state index contributed by atoms with van der Waals surface area (Å²) in [6, 6.07) is 0.754. The van der Waals surface area contributed by atoms with E-state index in [-0.39, 0.29) is 0 Å². The number of nitrogens with zero attached hydrogens (tertiary/aromatic N) is 3. The molecule has 0 spiro atoms. The van der Waals surface area contributed by atoms with Gasteiger partial charge in [0.25, 0.3) is 0 Å². The predicted octanol–water partition coefficient (Wildman–Crippen LogP) is 2.84. The van der Waals surface area contributed by atoms with Crippen molar-refractivity contribution in [2.24, 2.45) is 0 Å². The van der Waals surface area contributed by atoms with Crippen LogP contribution >= 0.6 is 22.9 Å². The summed E-state index contributed by atoms with van der Waals surface area (Å²) in [5, 5.41) is 3.31. The minimum Gasteiger partial charge on any atom is -0.308 e. The van der Waals surface area contributed by atoms with Gasteiger partial charge in [0.1, 0.15) is 0 Å². The van der Waals surface area contributed by atoms with Gasteiger partial charge in [-0.15, -0.1) is 22.9 Å². The van der Waals surface area contributed by atoms with E-state index >= 15 is 0 Å². The van der Waals surface area contributed by atoms with E-state index < -0.39 is 0 Å². The summed E-state index contributed by atoms with van der Waals surface area (Å²) in [6.07, 6.45) is 5.00. The molecule has 1 atom stereocenters. The van der Waals surface area contributed by atoms with Gasteiger partial charge in [-0.3, -0.25) is 4.90 Å². The number of likely N-dealkylation sites (N-methyl/N-ethyl adjacent to an activating group) is 1. The Kier molecular flexibility index (Phi) is 6.07. The zero-order chi connectivity index (χ0) is 13.7. The smallest absolute Gasteiger partial charge is 0.0929 e. The van der Waals surface area contributed by atoms with Crippen LogP contribution in [0.2, 0.25) is 0 Å². The van der Waals surface area contributed by atoms with Crippen molar-refractivity contribution in [3.05, 3.63) is 16.1 Å². The van der Waals surface area contributed by atoms with Crippen LogP contribution in [0, 0.1) is 0 Å². The van der Waals surface area contributed by atoms with Crippen LogP contribution in [0.15, 0.2) is 5.38 Å². The van der Waals surface area contributed by atoms with E-state index in [0.29, 0.717) is 5.88 Å². The molecule has 0 aliphatic carbocycles. The maximum Gasteiger partial charge on any atom is 0.0929 e. The highest BCUT2D eigenvalue weighted by atomic mass is 35.5. The number of alkyl halides is 1. The molecular weight excluding hydrogens is 278 g/mol. The molecule has 1 aromatic heterocycles. The van der Waals surface area contributed by atoms with Gasteiger partial charge in [-0.2, -0.15) is 0 Å². The van der Waals surface area contributed by atoms with Gasteiger partial charge in [-0.05, 0) is 46.4 Å². The van der Waals surface area contributed by atoms with E-state index in [1.54, 1.807) is 11.3 Å². The average Bonchev–Trinajstić information content (AvgIpc) is 2.99. The Labute approximate surface area is 125 Å². The maximum absolute atomic E-state index is 5.78. The second-order valence-electron chi connectivity index (χ2n) is 5.56. The number of aromatic nitrogens is 1. The molecule has 1 aliphatic heterocycles. The molecule has 0 amide bonds. The van der Waals surface area contributed by atoms with E-state index in [1.165, 1.54) is 43.9 Å². The first-order valence-corrected chi connectivity index (χ1v) is 8.48. The number of hydrogen-bond donors (Lipinski definition) is 0. The predicted molar refractivity (Wildman–Crippen MR) is 83.1 cm³/mol. The fourth-order valence-corrected chi connectivity index (χ4v) is 3.84. The summed E-state index contributed by atoms with van der Waals surface area (Å²) >= 11 is 7.52. The number of hydrogen-bond acceptors (Lipinski definition) is 4. The number of rotatable bonds is 7. The van der Waals surface area contributed by atoms with Crippen LogP contribution in [-0.4, -0.2) is 54.6 Å². The molecule has 2 rings (SSSR count). The lowest BCUT2D eigenvalue weighted by atomic mass is 10.2. The van der Waals surface area contributed by atoms with Gasteiger partial charge in [0.05, 0.1) is 16.6 Å². The molecule has 3 nitrogen and oxygen atoms in total. The van der Waals surface area contributed by atoms with Crippen LogP contribution in [-0.2, 0) is 12.3 Å². The van der Waals surface area contributed by atoms with Crippen molar-refractivity contribution in [2.45, 2.75) is 37.6 Å². The quantitative estimate of drug-likeness (QED) is 0.722. The molecule has 0 radical (unpaired) electrons. The Morgan fingerprint density at radius 1 is 1.53 bits per heavy atom. The van der Waals surface area contributed by atoms with Crippen LogP contribution in [0.4, 0.5) is 0 Å². The fraction of sp³-hybridized carbons (Fsp3) is 0.786. The Bertz CT molecular complexity index is 381. The molecule has 0 bridgehead atoms. The number of thiazole rings is 1. The highest BCUT2D eigenvalue weighted by molar-refractivity contribution is 7.09. The Morgan fingerprint density at radius 2 is 2.37 bits per heavy atom. The Morgan fingerprint density at radius 3 is 3.05 bits per heavy atom. The lowest BCUT2D eigenvalue weighted by molar-refractivity contribution is 0.206. The van der Waals surface area contributed by atoms with Gasteiger partial charge in [0.2, 0.25) is 0 Å². The largest absolute Gasteiger partial charge is 0.308 e. The zero-order valence-corrected chi connectivity index (χ0v) is 13.5. The first-order valence-electron chi connectivity index (χ1n) is 7.07.